The molecule has 0 heterocycles. The lowest BCUT2D eigenvalue weighted by Crippen LogP contribution is -2.47. The first kappa shape index (κ1) is 74.5. The molecule has 77 heavy (non-hydrogen) atoms. The highest BCUT2D eigenvalue weighted by atomic mass is 31.2. The van der Waals surface area contributed by atoms with Crippen LogP contribution in [-0.2, 0) is 27.9 Å². The number of esters is 1. The van der Waals surface area contributed by atoms with Gasteiger partial charge in [-0.1, -0.05) is 255 Å². The molecule has 0 aliphatic carbocycles. The van der Waals surface area contributed by atoms with Crippen LogP contribution in [0.3, 0.4) is 0 Å². The molecule has 0 aromatic heterocycles. The summed E-state index contributed by atoms with van der Waals surface area (Å²) >= 11 is 0. The van der Waals surface area contributed by atoms with Crippen molar-refractivity contribution in [3.8, 4) is 0 Å². The summed E-state index contributed by atoms with van der Waals surface area (Å²) in [6, 6.07) is -0.855. The van der Waals surface area contributed by atoms with Gasteiger partial charge < -0.3 is 19.4 Å². The van der Waals surface area contributed by atoms with Crippen LogP contribution in [0.25, 0.3) is 0 Å². The number of unbranched alkanes of at least 4 members (excludes halogenated alkanes) is 32. The lowest BCUT2D eigenvalue weighted by Gasteiger charge is -2.27. The minimum absolute atomic E-state index is 0.0367. The summed E-state index contributed by atoms with van der Waals surface area (Å²) in [5.74, 6) is -0.513. The van der Waals surface area contributed by atoms with E-state index in [4.69, 9.17) is 13.8 Å². The molecule has 0 aromatic carbocycles. The Bertz CT molecular complexity index is 1550. The number of phosphoric ester groups is 1. The Morgan fingerprint density at radius 1 is 0.468 bits per heavy atom. The van der Waals surface area contributed by atoms with Gasteiger partial charge in [-0.2, -0.15) is 0 Å². The van der Waals surface area contributed by atoms with E-state index in [-0.39, 0.29) is 31.5 Å². The van der Waals surface area contributed by atoms with Crippen molar-refractivity contribution >= 4 is 19.7 Å². The van der Waals surface area contributed by atoms with Crippen molar-refractivity contribution in [2.24, 2.45) is 0 Å². The first-order chi connectivity index (χ1) is 37.4. The second-order valence-corrected chi connectivity index (χ2v) is 24.4. The Morgan fingerprint density at radius 3 is 1.27 bits per heavy atom. The third-order valence-corrected chi connectivity index (χ3v) is 15.1. The van der Waals surface area contributed by atoms with Gasteiger partial charge in [-0.3, -0.25) is 18.6 Å². The Balaban J connectivity index is 5.11. The van der Waals surface area contributed by atoms with Gasteiger partial charge in [0.15, 0.2) is 0 Å². The van der Waals surface area contributed by atoms with Gasteiger partial charge in [0.1, 0.15) is 19.3 Å². The van der Waals surface area contributed by atoms with Gasteiger partial charge in [0, 0.05) is 12.8 Å². The van der Waals surface area contributed by atoms with Crippen LogP contribution < -0.4 is 5.32 Å². The lowest BCUT2D eigenvalue weighted by molar-refractivity contribution is -0.870. The highest BCUT2D eigenvalue weighted by molar-refractivity contribution is 7.47. The van der Waals surface area contributed by atoms with Crippen LogP contribution in [0.15, 0.2) is 72.9 Å². The van der Waals surface area contributed by atoms with Crippen LogP contribution in [0.1, 0.15) is 290 Å². The third-order valence-electron chi connectivity index (χ3n) is 14.1. The van der Waals surface area contributed by atoms with Crippen molar-refractivity contribution in [3.05, 3.63) is 72.9 Å². The zero-order valence-electron chi connectivity index (χ0n) is 51.2. The first-order valence-corrected chi connectivity index (χ1v) is 33.8. The molecule has 0 saturated heterocycles. The average Bonchev–Trinajstić information content (AvgIpc) is 3.39. The van der Waals surface area contributed by atoms with Gasteiger partial charge in [0.25, 0.3) is 0 Å². The standard InChI is InChI=1S/C67H123N2O7P/c1-7-10-13-16-19-22-25-28-30-31-32-33-34-35-36-37-38-39-40-42-45-48-51-54-57-60-67(71)76-65(58-55-52-49-46-43-27-24-21-18-15-12-9-3)64(63-75-77(72,73)74-62-61-69(4,5)6)68-66(70)59-56-53-50-47-44-41-29-26-23-20-17-14-11-8-2/h11,14,19-20,22-23,28,30,32-33,55,58,64-65H,7-10,12-13,15-18,21,24-27,29,31,34-54,56-57,59-63H2,1-6H3,(H-,68,70,72,73)/p+1/b14-11+,22-19-,23-20+,30-28-,33-32-,58-55-. The number of rotatable bonds is 58. The van der Waals surface area contributed by atoms with Crippen LogP contribution in [-0.4, -0.2) is 74.3 Å². The normalized spacial score (nSPS) is 14.1. The molecule has 0 aromatic rings. The van der Waals surface area contributed by atoms with E-state index in [2.05, 4.69) is 86.8 Å². The molecule has 0 aliphatic rings. The van der Waals surface area contributed by atoms with E-state index in [1.54, 1.807) is 0 Å². The summed E-state index contributed by atoms with van der Waals surface area (Å²) in [6.07, 6.45) is 73.3. The summed E-state index contributed by atoms with van der Waals surface area (Å²) in [5.41, 5.74) is 0. The third kappa shape index (κ3) is 57.9. The number of nitrogens with zero attached hydrogens (tertiary/aromatic N) is 1. The predicted octanol–water partition coefficient (Wildman–Crippen LogP) is 20.0. The van der Waals surface area contributed by atoms with Crippen molar-refractivity contribution in [2.45, 2.75) is 303 Å². The quantitative estimate of drug-likeness (QED) is 0.0205. The van der Waals surface area contributed by atoms with Crippen molar-refractivity contribution in [3.63, 3.8) is 0 Å². The number of ether oxygens (including phenoxy) is 1. The first-order valence-electron chi connectivity index (χ1n) is 32.3. The summed E-state index contributed by atoms with van der Waals surface area (Å²) < 4.78 is 30.7. The highest BCUT2D eigenvalue weighted by Crippen LogP contribution is 2.43. The van der Waals surface area contributed by atoms with Gasteiger partial charge in [-0.05, 0) is 96.0 Å². The minimum atomic E-state index is -4.45. The van der Waals surface area contributed by atoms with Gasteiger partial charge >= 0.3 is 13.8 Å². The van der Waals surface area contributed by atoms with Gasteiger partial charge in [-0.15, -0.1) is 0 Å². The van der Waals surface area contributed by atoms with Crippen LogP contribution in [0.5, 0.6) is 0 Å². The number of hydrogen-bond acceptors (Lipinski definition) is 6. The molecule has 10 heteroatoms. The number of carbonyl (C=O) groups excluding carboxylic acids is 2. The number of amides is 1. The summed E-state index contributed by atoms with van der Waals surface area (Å²) in [6.45, 7) is 6.89. The van der Waals surface area contributed by atoms with Crippen LogP contribution in [0.4, 0.5) is 0 Å². The van der Waals surface area contributed by atoms with E-state index in [0.717, 1.165) is 96.3 Å². The van der Waals surface area contributed by atoms with Gasteiger partial charge in [-0.25, -0.2) is 4.57 Å². The zero-order valence-corrected chi connectivity index (χ0v) is 52.1. The molecule has 2 N–H and O–H groups in total. The fraction of sp³-hybridized carbons (Fsp3) is 0.791. The second kappa shape index (κ2) is 56.7. The van der Waals surface area contributed by atoms with Gasteiger partial charge in [0.2, 0.25) is 5.91 Å². The average molecular weight is 1100 g/mol. The highest BCUT2D eigenvalue weighted by Gasteiger charge is 2.30. The summed E-state index contributed by atoms with van der Waals surface area (Å²) in [4.78, 5) is 37.7. The molecule has 0 aliphatic heterocycles. The van der Waals surface area contributed by atoms with E-state index in [0.29, 0.717) is 17.4 Å². The Morgan fingerprint density at radius 2 is 0.831 bits per heavy atom. The molecule has 1 amide bonds. The molecule has 0 radical (unpaired) electrons. The van der Waals surface area contributed by atoms with E-state index < -0.39 is 20.0 Å². The molecular formula is C67H124N2O7P+. The minimum Gasteiger partial charge on any atom is -0.456 e. The van der Waals surface area contributed by atoms with Crippen LogP contribution in [0, 0.1) is 0 Å². The summed E-state index contributed by atoms with van der Waals surface area (Å²) in [5, 5.41) is 3.05. The lowest BCUT2D eigenvalue weighted by atomic mass is 10.0. The fourth-order valence-corrected chi connectivity index (χ4v) is 9.90. The molecule has 0 fully saturated rings. The van der Waals surface area contributed by atoms with Crippen molar-refractivity contribution < 1.29 is 37.3 Å². The van der Waals surface area contributed by atoms with E-state index >= 15 is 0 Å². The molecular weight excluding hydrogens is 976 g/mol. The van der Waals surface area contributed by atoms with Crippen LogP contribution >= 0.6 is 7.82 Å². The molecule has 0 rings (SSSR count). The molecule has 448 valence electrons. The molecule has 9 nitrogen and oxygen atoms in total. The summed E-state index contributed by atoms with van der Waals surface area (Å²) in [7, 11) is 1.49. The second-order valence-electron chi connectivity index (χ2n) is 22.9. The number of quaternary nitrogens is 1. The molecule has 0 spiro atoms. The van der Waals surface area contributed by atoms with E-state index in [1.807, 2.05) is 33.3 Å². The maximum atomic E-state index is 13.5. The molecule has 3 atom stereocenters. The maximum Gasteiger partial charge on any atom is 0.472 e. The number of allylic oxidation sites excluding steroid dienone is 11. The number of likely N-dealkylation sites (N-methyl/N-ethyl adjacent to an activating group) is 1. The number of carbonyl (C=O) groups is 2. The van der Waals surface area contributed by atoms with Gasteiger partial charge in [0.05, 0.1) is 33.8 Å². The molecule has 0 bridgehead atoms. The van der Waals surface area contributed by atoms with Crippen molar-refractivity contribution in [2.75, 3.05) is 40.9 Å². The maximum absolute atomic E-state index is 13.5. The fourth-order valence-electron chi connectivity index (χ4n) is 9.16. The smallest absolute Gasteiger partial charge is 0.456 e. The number of nitrogens with one attached hydrogen (secondary N) is 1. The van der Waals surface area contributed by atoms with E-state index in [1.165, 1.54) is 161 Å². The topological polar surface area (TPSA) is 111 Å². The monoisotopic (exact) mass is 1100 g/mol. The molecule has 3 unspecified atom stereocenters. The largest absolute Gasteiger partial charge is 0.472 e. The van der Waals surface area contributed by atoms with Crippen molar-refractivity contribution in [1.82, 2.24) is 5.32 Å². The van der Waals surface area contributed by atoms with Crippen LogP contribution in [0.2, 0.25) is 0 Å². The van der Waals surface area contributed by atoms with Crippen molar-refractivity contribution in [1.29, 1.82) is 0 Å². The number of hydrogen-bond donors (Lipinski definition) is 2. The zero-order chi connectivity index (χ0) is 56.4. The molecule has 0 saturated carbocycles. The Hall–Kier alpha value is -2.55. The Labute approximate surface area is 476 Å². The van der Waals surface area contributed by atoms with E-state index in [9.17, 15) is 19.0 Å². The SMILES string of the molecule is CC/C=C/C/C=C/CCCCCCCCCC(=O)NC(COP(=O)(O)OCC[N+](C)(C)C)C(/C=C\CCCCCCCCCCCC)OC(=O)CCCCCCCCCCCCCC/C=C\C/C=C\C/C=C\CCCCC. The number of phosphoric acid groups is 1. The Kier molecular flexibility index (Phi) is 54.8. The predicted molar refractivity (Wildman–Crippen MR) is 332 cm³/mol.